The van der Waals surface area contributed by atoms with Gasteiger partial charge in [0.25, 0.3) is 5.91 Å². The first-order valence-corrected chi connectivity index (χ1v) is 8.88. The highest BCUT2D eigenvalue weighted by Crippen LogP contribution is 2.44. The number of hydrazine groups is 1. The summed E-state index contributed by atoms with van der Waals surface area (Å²) in [5.74, 6) is 1.50. The fraction of sp³-hybridized carbons (Fsp3) is 0.600. The summed E-state index contributed by atoms with van der Waals surface area (Å²) in [5.41, 5.74) is 6.18. The molecule has 21 heavy (non-hydrogen) atoms. The van der Waals surface area contributed by atoms with E-state index in [2.05, 4.69) is 23.1 Å². The molecule has 0 unspecified atom stereocenters. The molecule has 1 aromatic rings. The van der Waals surface area contributed by atoms with Crippen molar-refractivity contribution in [2.75, 3.05) is 0 Å². The summed E-state index contributed by atoms with van der Waals surface area (Å²) in [6.07, 6.45) is 6.19. The molecule has 2 aliphatic rings. The minimum Gasteiger partial charge on any atom is -0.358 e. The summed E-state index contributed by atoms with van der Waals surface area (Å²) < 4.78 is 0. The molecule has 2 saturated carbocycles. The summed E-state index contributed by atoms with van der Waals surface area (Å²) in [6.45, 7) is 2.08. The van der Waals surface area contributed by atoms with Crippen molar-refractivity contribution in [2.45, 2.75) is 45.1 Å². The number of thiophene rings is 1. The molecule has 3 rings (SSSR count). The van der Waals surface area contributed by atoms with Gasteiger partial charge in [0.05, 0.1) is 5.56 Å². The second kappa shape index (κ2) is 6.32. The smallest absolute Gasteiger partial charge is 0.270 e. The Bertz CT molecular complexity index is 543. The van der Waals surface area contributed by atoms with Crippen LogP contribution in [0.4, 0.5) is 0 Å². The van der Waals surface area contributed by atoms with Crippen LogP contribution in [0.5, 0.6) is 0 Å². The Hall–Kier alpha value is -1.14. The number of amides is 1. The summed E-state index contributed by atoms with van der Waals surface area (Å²) in [4.78, 5) is 13.2. The normalized spacial score (nSPS) is 26.6. The van der Waals surface area contributed by atoms with Crippen LogP contribution in [0.3, 0.4) is 0 Å². The van der Waals surface area contributed by atoms with Crippen LogP contribution in [0, 0.1) is 11.8 Å². The SMILES string of the molecule is CCc1cc(C(=O)NNC(=S)N[C@@H]2C[C@@H]3CC[C@@H]2C3)cs1. The van der Waals surface area contributed by atoms with E-state index in [9.17, 15) is 4.79 Å². The van der Waals surface area contributed by atoms with E-state index in [1.165, 1.54) is 30.6 Å². The number of rotatable bonds is 3. The van der Waals surface area contributed by atoms with Gasteiger partial charge in [0, 0.05) is 16.3 Å². The minimum atomic E-state index is -0.136. The van der Waals surface area contributed by atoms with E-state index in [0.717, 1.165) is 18.3 Å². The minimum absolute atomic E-state index is 0.136. The molecular formula is C15H21N3OS2. The van der Waals surface area contributed by atoms with Crippen LogP contribution in [0.15, 0.2) is 11.4 Å². The highest BCUT2D eigenvalue weighted by Gasteiger charge is 2.39. The zero-order chi connectivity index (χ0) is 14.8. The zero-order valence-electron chi connectivity index (χ0n) is 12.1. The van der Waals surface area contributed by atoms with Crippen molar-refractivity contribution in [3.8, 4) is 0 Å². The summed E-state index contributed by atoms with van der Waals surface area (Å²) in [7, 11) is 0. The molecule has 0 radical (unpaired) electrons. The average molecular weight is 323 g/mol. The molecule has 2 bridgehead atoms. The number of carbonyl (C=O) groups excluding carboxylic acids is 1. The maximum Gasteiger partial charge on any atom is 0.270 e. The van der Waals surface area contributed by atoms with E-state index in [4.69, 9.17) is 12.2 Å². The molecule has 2 aliphatic carbocycles. The molecule has 114 valence electrons. The molecule has 1 aromatic heterocycles. The van der Waals surface area contributed by atoms with E-state index in [-0.39, 0.29) is 5.91 Å². The molecule has 0 aliphatic heterocycles. The zero-order valence-corrected chi connectivity index (χ0v) is 13.8. The average Bonchev–Trinajstić information content (AvgIpc) is 3.20. The maximum atomic E-state index is 12.0. The molecule has 3 atom stereocenters. The fourth-order valence-electron chi connectivity index (χ4n) is 3.50. The molecule has 6 heteroatoms. The number of nitrogens with one attached hydrogen (secondary N) is 3. The van der Waals surface area contributed by atoms with Crippen molar-refractivity contribution >= 4 is 34.6 Å². The first-order valence-electron chi connectivity index (χ1n) is 7.60. The van der Waals surface area contributed by atoms with Gasteiger partial charge in [-0.25, -0.2) is 0 Å². The largest absolute Gasteiger partial charge is 0.358 e. The van der Waals surface area contributed by atoms with Gasteiger partial charge in [0.15, 0.2) is 5.11 Å². The number of thiocarbonyl (C=S) groups is 1. The van der Waals surface area contributed by atoms with E-state index in [1.807, 2.05) is 11.4 Å². The monoisotopic (exact) mass is 323 g/mol. The van der Waals surface area contributed by atoms with E-state index >= 15 is 0 Å². The lowest BCUT2D eigenvalue weighted by molar-refractivity contribution is 0.0944. The summed E-state index contributed by atoms with van der Waals surface area (Å²) in [5, 5.41) is 5.74. The van der Waals surface area contributed by atoms with Gasteiger partial charge in [-0.15, -0.1) is 11.3 Å². The highest BCUT2D eigenvalue weighted by molar-refractivity contribution is 7.80. The van der Waals surface area contributed by atoms with Crippen molar-refractivity contribution in [3.63, 3.8) is 0 Å². The number of hydrogen-bond donors (Lipinski definition) is 3. The highest BCUT2D eigenvalue weighted by atomic mass is 32.1. The van der Waals surface area contributed by atoms with Gasteiger partial charge in [-0.3, -0.25) is 15.6 Å². The van der Waals surface area contributed by atoms with Crippen LogP contribution in [-0.4, -0.2) is 17.1 Å². The van der Waals surface area contributed by atoms with Crippen LogP contribution in [0.2, 0.25) is 0 Å². The predicted octanol–water partition coefficient (Wildman–Crippen LogP) is 2.61. The first-order chi connectivity index (χ1) is 10.2. The van der Waals surface area contributed by atoms with Gasteiger partial charge in [-0.2, -0.15) is 0 Å². The number of fused-ring (bicyclic) bond motifs is 2. The van der Waals surface area contributed by atoms with Crippen LogP contribution in [0.1, 0.15) is 47.8 Å². The van der Waals surface area contributed by atoms with Gasteiger partial charge < -0.3 is 5.32 Å². The second-order valence-electron chi connectivity index (χ2n) is 5.99. The lowest BCUT2D eigenvalue weighted by Gasteiger charge is -2.24. The summed E-state index contributed by atoms with van der Waals surface area (Å²) >= 11 is 6.88. The molecular weight excluding hydrogens is 302 g/mol. The maximum absolute atomic E-state index is 12.0. The topological polar surface area (TPSA) is 53.2 Å². The molecule has 3 N–H and O–H groups in total. The summed E-state index contributed by atoms with van der Waals surface area (Å²) in [6, 6.07) is 2.40. The predicted molar refractivity (Wildman–Crippen MR) is 89.3 cm³/mol. The van der Waals surface area contributed by atoms with Gasteiger partial charge in [0.1, 0.15) is 0 Å². The van der Waals surface area contributed by atoms with Crippen molar-refractivity contribution in [2.24, 2.45) is 11.8 Å². The number of carbonyl (C=O) groups is 1. The van der Waals surface area contributed by atoms with Crippen molar-refractivity contribution in [1.29, 1.82) is 0 Å². The van der Waals surface area contributed by atoms with Crippen LogP contribution < -0.4 is 16.2 Å². The van der Waals surface area contributed by atoms with E-state index < -0.39 is 0 Å². The van der Waals surface area contributed by atoms with Crippen molar-refractivity contribution in [1.82, 2.24) is 16.2 Å². The number of aryl methyl sites for hydroxylation is 1. The molecule has 0 aromatic carbocycles. The Kier molecular flexibility index (Phi) is 4.45. The third kappa shape index (κ3) is 3.37. The second-order valence-corrected chi connectivity index (χ2v) is 7.39. The third-order valence-corrected chi connectivity index (χ3v) is 5.91. The van der Waals surface area contributed by atoms with Gasteiger partial charge >= 0.3 is 0 Å². The molecule has 1 amide bonds. The molecule has 4 nitrogen and oxygen atoms in total. The van der Waals surface area contributed by atoms with Crippen LogP contribution in [-0.2, 0) is 6.42 Å². The van der Waals surface area contributed by atoms with Crippen molar-refractivity contribution < 1.29 is 4.79 Å². The lowest BCUT2D eigenvalue weighted by atomic mass is 9.96. The van der Waals surface area contributed by atoms with Gasteiger partial charge in [-0.05, 0) is 55.8 Å². The Labute approximate surface area is 134 Å². The van der Waals surface area contributed by atoms with Gasteiger partial charge in [-0.1, -0.05) is 13.3 Å². The number of hydrogen-bond acceptors (Lipinski definition) is 3. The van der Waals surface area contributed by atoms with E-state index in [0.29, 0.717) is 16.7 Å². The molecule has 0 spiro atoms. The Morgan fingerprint density at radius 2 is 2.24 bits per heavy atom. The fourth-order valence-corrected chi connectivity index (χ4v) is 4.51. The Morgan fingerprint density at radius 1 is 1.38 bits per heavy atom. The van der Waals surface area contributed by atoms with Gasteiger partial charge in [0.2, 0.25) is 0 Å². The molecule has 1 heterocycles. The quantitative estimate of drug-likeness (QED) is 0.591. The standard InChI is InChI=1S/C15H21N3OS2/c1-2-12-7-11(8-21-12)14(19)17-18-15(20)16-13-6-9-3-4-10(13)5-9/h7-10,13H,2-6H2,1H3,(H,17,19)(H2,16,18,20)/t9-,10-,13-/m1/s1. The van der Waals surface area contributed by atoms with E-state index in [1.54, 1.807) is 11.3 Å². The first kappa shape index (κ1) is 14.8. The Balaban J connectivity index is 1.44. The van der Waals surface area contributed by atoms with Crippen LogP contribution in [0.25, 0.3) is 0 Å². The van der Waals surface area contributed by atoms with Crippen LogP contribution >= 0.6 is 23.6 Å². The molecule has 2 fully saturated rings. The van der Waals surface area contributed by atoms with Crippen molar-refractivity contribution in [3.05, 3.63) is 21.9 Å². The Morgan fingerprint density at radius 3 is 2.86 bits per heavy atom. The lowest BCUT2D eigenvalue weighted by Crippen LogP contribution is -2.50. The third-order valence-electron chi connectivity index (χ3n) is 4.61. The molecule has 0 saturated heterocycles.